The number of thiazole rings is 2. The molecule has 4 aromatic rings. The quantitative estimate of drug-likeness (QED) is 0.364. The maximum Gasteiger partial charge on any atom is 0.255 e. The van der Waals surface area contributed by atoms with Crippen molar-refractivity contribution in [1.29, 1.82) is 0 Å². The molecule has 0 aliphatic carbocycles. The molecule has 2 aromatic heterocycles. The molecule has 0 radical (unpaired) electrons. The molecule has 31 heavy (non-hydrogen) atoms. The average Bonchev–Trinajstić information content (AvgIpc) is 3.42. The Morgan fingerprint density at radius 2 is 2.03 bits per heavy atom. The van der Waals surface area contributed by atoms with Crippen LogP contribution in [-0.4, -0.2) is 34.1 Å². The number of nitrogens with zero attached hydrogens (tertiary/aromatic N) is 2. The van der Waals surface area contributed by atoms with E-state index >= 15 is 0 Å². The molecule has 7 nitrogen and oxygen atoms in total. The lowest BCUT2D eigenvalue weighted by Gasteiger charge is -2.07. The summed E-state index contributed by atoms with van der Waals surface area (Å²) in [5.41, 5.74) is 2.01. The molecule has 4 rings (SSSR count). The van der Waals surface area contributed by atoms with Crippen LogP contribution in [0.5, 0.6) is 5.75 Å². The number of ether oxygens (including phenoxy) is 1. The molecule has 2 aromatic carbocycles. The van der Waals surface area contributed by atoms with Gasteiger partial charge in [0.25, 0.3) is 5.91 Å². The van der Waals surface area contributed by atoms with E-state index in [1.807, 2.05) is 30.5 Å². The van der Waals surface area contributed by atoms with Crippen LogP contribution < -0.4 is 15.4 Å². The van der Waals surface area contributed by atoms with Crippen LogP contribution in [0.4, 0.5) is 10.8 Å². The lowest BCUT2D eigenvalue weighted by molar-refractivity contribution is -0.115. The Hall–Kier alpha value is -2.95. The molecule has 0 unspecified atom stereocenters. The fraction of sp³-hybridized carbons (Fsp3) is 0.143. The van der Waals surface area contributed by atoms with Crippen LogP contribution in [0.15, 0.2) is 58.4 Å². The minimum absolute atomic E-state index is 0.120. The first-order chi connectivity index (χ1) is 15.0. The Bertz CT molecular complexity index is 1220. The number of hydrogen-bond acceptors (Lipinski definition) is 8. The summed E-state index contributed by atoms with van der Waals surface area (Å²) in [6.45, 7) is 1.83. The van der Waals surface area contributed by atoms with E-state index in [-0.39, 0.29) is 17.1 Å². The van der Waals surface area contributed by atoms with Crippen LogP contribution >= 0.6 is 34.4 Å². The van der Waals surface area contributed by atoms with Crippen molar-refractivity contribution in [2.75, 3.05) is 17.7 Å². The minimum atomic E-state index is -0.323. The molecule has 0 saturated heterocycles. The number of rotatable bonds is 7. The van der Waals surface area contributed by atoms with Gasteiger partial charge in [0.2, 0.25) is 5.91 Å². The van der Waals surface area contributed by atoms with Gasteiger partial charge in [-0.1, -0.05) is 17.8 Å². The van der Waals surface area contributed by atoms with Crippen LogP contribution in [0.2, 0.25) is 0 Å². The van der Waals surface area contributed by atoms with Gasteiger partial charge in [-0.25, -0.2) is 9.97 Å². The molecule has 2 amide bonds. The second-order valence-electron chi connectivity index (χ2n) is 6.43. The zero-order chi connectivity index (χ0) is 21.8. The maximum absolute atomic E-state index is 12.5. The molecule has 0 fully saturated rings. The van der Waals surface area contributed by atoms with Crippen molar-refractivity contribution in [3.05, 3.63) is 59.6 Å². The number of hydrogen-bond donors (Lipinski definition) is 2. The Balaban J connectivity index is 1.44. The van der Waals surface area contributed by atoms with E-state index in [4.69, 9.17) is 4.74 Å². The van der Waals surface area contributed by atoms with Gasteiger partial charge in [0.15, 0.2) is 9.47 Å². The summed E-state index contributed by atoms with van der Waals surface area (Å²) < 4.78 is 6.89. The third-order valence-electron chi connectivity index (χ3n) is 4.27. The maximum atomic E-state index is 12.5. The Labute approximate surface area is 190 Å². The highest BCUT2D eigenvalue weighted by molar-refractivity contribution is 8.02. The Morgan fingerprint density at radius 3 is 2.81 bits per heavy atom. The van der Waals surface area contributed by atoms with Crippen LogP contribution in [0.3, 0.4) is 0 Å². The largest absolute Gasteiger partial charge is 0.497 e. The molecular formula is C21H18N4O3S3. The van der Waals surface area contributed by atoms with E-state index in [0.29, 0.717) is 22.1 Å². The van der Waals surface area contributed by atoms with Gasteiger partial charge < -0.3 is 15.4 Å². The first-order valence-electron chi connectivity index (χ1n) is 9.25. The number of aromatic nitrogens is 2. The molecule has 0 aliphatic rings. The Morgan fingerprint density at radius 1 is 1.16 bits per heavy atom. The van der Waals surface area contributed by atoms with Crippen molar-refractivity contribution in [1.82, 2.24) is 9.97 Å². The normalized spacial score (nSPS) is 11.8. The number of thioether (sulfide) groups is 1. The molecular weight excluding hydrogens is 452 g/mol. The summed E-state index contributed by atoms with van der Waals surface area (Å²) in [7, 11) is 1.56. The summed E-state index contributed by atoms with van der Waals surface area (Å²) in [5, 5.41) is 7.77. The summed E-state index contributed by atoms with van der Waals surface area (Å²) in [5.74, 6) is 0.288. The molecule has 1 atom stereocenters. The first-order valence-corrected chi connectivity index (χ1v) is 11.8. The molecule has 0 spiro atoms. The highest BCUT2D eigenvalue weighted by Crippen LogP contribution is 2.34. The van der Waals surface area contributed by atoms with E-state index < -0.39 is 0 Å². The molecule has 2 N–H and O–H groups in total. The number of methoxy groups -OCH3 is 1. The predicted octanol–water partition coefficient (Wildman–Crippen LogP) is 5.13. The van der Waals surface area contributed by atoms with Gasteiger partial charge in [-0.2, -0.15) is 0 Å². The van der Waals surface area contributed by atoms with Crippen molar-refractivity contribution in [2.24, 2.45) is 0 Å². The van der Waals surface area contributed by atoms with E-state index in [0.717, 1.165) is 14.6 Å². The number of anilines is 2. The van der Waals surface area contributed by atoms with Gasteiger partial charge in [0, 0.05) is 22.8 Å². The number of nitrogens with one attached hydrogen (secondary N) is 2. The molecule has 0 bridgehead atoms. The predicted molar refractivity (Wildman–Crippen MR) is 127 cm³/mol. The van der Waals surface area contributed by atoms with Crippen molar-refractivity contribution in [2.45, 2.75) is 16.5 Å². The topological polar surface area (TPSA) is 93.2 Å². The van der Waals surface area contributed by atoms with E-state index in [2.05, 4.69) is 20.6 Å². The zero-order valence-corrected chi connectivity index (χ0v) is 19.1. The van der Waals surface area contributed by atoms with Gasteiger partial charge in [-0.05, 0) is 43.3 Å². The van der Waals surface area contributed by atoms with Crippen molar-refractivity contribution in [3.8, 4) is 5.75 Å². The fourth-order valence-corrected chi connectivity index (χ4v) is 5.48. The van der Waals surface area contributed by atoms with Crippen molar-refractivity contribution < 1.29 is 14.3 Å². The van der Waals surface area contributed by atoms with Crippen LogP contribution in [0.1, 0.15) is 17.3 Å². The highest BCUT2D eigenvalue weighted by Gasteiger charge is 2.18. The third kappa shape index (κ3) is 5.22. The van der Waals surface area contributed by atoms with Crippen molar-refractivity contribution in [3.63, 3.8) is 0 Å². The number of amides is 2. The summed E-state index contributed by atoms with van der Waals surface area (Å²) >= 11 is 4.25. The van der Waals surface area contributed by atoms with E-state index in [9.17, 15) is 9.59 Å². The Kier molecular flexibility index (Phi) is 6.50. The molecule has 10 heteroatoms. The summed E-state index contributed by atoms with van der Waals surface area (Å²) in [6, 6.07) is 12.5. The number of fused-ring (bicyclic) bond motifs is 1. The molecule has 0 saturated carbocycles. The van der Waals surface area contributed by atoms with Gasteiger partial charge in [-0.15, -0.1) is 22.7 Å². The second kappa shape index (κ2) is 9.46. The lowest BCUT2D eigenvalue weighted by Crippen LogP contribution is -2.22. The molecule has 0 aliphatic heterocycles. The molecule has 2 heterocycles. The van der Waals surface area contributed by atoms with Crippen LogP contribution in [-0.2, 0) is 4.79 Å². The van der Waals surface area contributed by atoms with Gasteiger partial charge in [-0.3, -0.25) is 9.59 Å². The minimum Gasteiger partial charge on any atom is -0.497 e. The second-order valence-corrected chi connectivity index (χ2v) is 9.95. The van der Waals surface area contributed by atoms with Crippen LogP contribution in [0.25, 0.3) is 10.2 Å². The zero-order valence-electron chi connectivity index (χ0n) is 16.6. The smallest absolute Gasteiger partial charge is 0.255 e. The van der Waals surface area contributed by atoms with Crippen LogP contribution in [0, 0.1) is 0 Å². The van der Waals surface area contributed by atoms with E-state index in [1.165, 1.54) is 34.4 Å². The monoisotopic (exact) mass is 470 g/mol. The first kappa shape index (κ1) is 21.3. The average molecular weight is 471 g/mol. The van der Waals surface area contributed by atoms with E-state index in [1.54, 1.807) is 37.6 Å². The number of benzene rings is 2. The number of carbonyl (C=O) groups is 2. The standard InChI is InChI=1S/C21H18N4O3S3/c1-12(18(26)25-20-22-8-9-29-20)30-21-24-16-7-6-14(11-17(16)31-21)23-19(27)13-4-3-5-15(10-13)28-2/h3-12H,1-2H3,(H,23,27)(H,22,25,26)/t12-/m0/s1. The SMILES string of the molecule is COc1cccc(C(=O)Nc2ccc3nc(S[C@@H](C)C(=O)Nc4nccs4)sc3c2)c1. The van der Waals surface area contributed by atoms with Gasteiger partial charge in [0.05, 0.1) is 22.6 Å². The highest BCUT2D eigenvalue weighted by atomic mass is 32.2. The lowest BCUT2D eigenvalue weighted by atomic mass is 10.2. The fourth-order valence-electron chi connectivity index (χ4n) is 2.70. The third-order valence-corrected chi connectivity index (χ3v) is 7.17. The summed E-state index contributed by atoms with van der Waals surface area (Å²) in [4.78, 5) is 33.5. The van der Waals surface area contributed by atoms with Crippen molar-refractivity contribution >= 4 is 67.3 Å². The van der Waals surface area contributed by atoms with Gasteiger partial charge in [0.1, 0.15) is 5.75 Å². The van der Waals surface area contributed by atoms with Gasteiger partial charge >= 0.3 is 0 Å². The summed E-state index contributed by atoms with van der Waals surface area (Å²) in [6.07, 6.45) is 1.65. The number of carbonyl (C=O) groups excluding carboxylic acids is 2. The molecule has 158 valence electrons.